The van der Waals surface area contributed by atoms with Crippen LogP contribution in [0.4, 0.5) is 0 Å². The quantitative estimate of drug-likeness (QED) is 0.139. The first-order valence-electron chi connectivity index (χ1n) is 64.8. The van der Waals surface area contributed by atoms with Crippen LogP contribution in [0.3, 0.4) is 0 Å². The molecular weight excluding hydrogens is 1820 g/mol. The van der Waals surface area contributed by atoms with Crippen LogP contribution in [0.5, 0.6) is 0 Å². The number of rotatable bonds is 17. The lowest BCUT2D eigenvalue weighted by Gasteiger charge is -2.62. The van der Waals surface area contributed by atoms with E-state index in [4.69, 9.17) is 18.9 Å². The van der Waals surface area contributed by atoms with Gasteiger partial charge in [0.1, 0.15) is 0 Å². The van der Waals surface area contributed by atoms with Crippen LogP contribution in [-0.4, -0.2) is 313 Å². The Morgan fingerprint density at radius 2 is 0.351 bits per heavy atom. The van der Waals surface area contributed by atoms with Gasteiger partial charge >= 0.3 is 0 Å². The van der Waals surface area contributed by atoms with Crippen molar-refractivity contribution in [2.75, 3.05) is 157 Å². The number of hydrogen-bond acceptors (Lipinski definition) is 15. The van der Waals surface area contributed by atoms with Gasteiger partial charge in [-0.05, 0) is 449 Å². The molecular formula is C133H263N11O4. The molecule has 0 aromatic carbocycles. The lowest BCUT2D eigenvalue weighted by Crippen LogP contribution is -2.73. The molecule has 0 aromatic rings. The number of hydrogen-bond donors (Lipinski definition) is 0. The minimum Gasteiger partial charge on any atom is -0.377 e. The van der Waals surface area contributed by atoms with Crippen LogP contribution >= 0.6 is 0 Å². The Bertz CT molecular complexity index is 3300. The van der Waals surface area contributed by atoms with Gasteiger partial charge in [-0.3, -0.25) is 24.5 Å². The summed E-state index contributed by atoms with van der Waals surface area (Å²) in [5.74, 6) is 9.19. The van der Waals surface area contributed by atoms with E-state index in [-0.39, 0.29) is 11.2 Å². The first-order chi connectivity index (χ1) is 69.1. The van der Waals surface area contributed by atoms with Gasteiger partial charge in [0.2, 0.25) is 0 Å². The van der Waals surface area contributed by atoms with E-state index in [1.54, 1.807) is 0 Å². The van der Waals surface area contributed by atoms with Crippen molar-refractivity contribution in [1.82, 2.24) is 53.9 Å². The minimum absolute atomic E-state index is 0.278. The lowest BCUT2D eigenvalue weighted by molar-refractivity contribution is -0.239. The first kappa shape index (κ1) is 133. The Morgan fingerprint density at radius 1 is 0.169 bits per heavy atom. The smallest absolute Gasteiger partial charge is 0.0735 e. The highest BCUT2D eigenvalue weighted by Crippen LogP contribution is 2.64. The van der Waals surface area contributed by atoms with Gasteiger partial charge in [0.25, 0.3) is 0 Å². The zero-order chi connectivity index (χ0) is 110. The monoisotopic (exact) mass is 2080 g/mol. The van der Waals surface area contributed by atoms with E-state index < -0.39 is 0 Å². The van der Waals surface area contributed by atoms with E-state index in [0.29, 0.717) is 88.5 Å². The summed E-state index contributed by atoms with van der Waals surface area (Å²) >= 11 is 0. The molecule has 0 radical (unpaired) electrons. The molecule has 874 valence electrons. The van der Waals surface area contributed by atoms with Crippen LogP contribution < -0.4 is 0 Å². The Morgan fingerprint density at radius 3 is 0.520 bits per heavy atom. The molecule has 20 rings (SSSR count). The molecule has 6 unspecified atom stereocenters. The minimum atomic E-state index is 0.278. The maximum atomic E-state index is 6.13. The average molecular weight is 2080 g/mol. The third-order valence-corrected chi connectivity index (χ3v) is 40.6. The van der Waals surface area contributed by atoms with Crippen molar-refractivity contribution in [3.05, 3.63) is 0 Å². The molecule has 15 heterocycles. The maximum absolute atomic E-state index is 6.13. The zero-order valence-corrected chi connectivity index (χ0v) is 108. The van der Waals surface area contributed by atoms with E-state index in [0.717, 1.165) is 124 Å². The van der Waals surface area contributed by atoms with E-state index in [2.05, 4.69) is 352 Å². The summed E-state index contributed by atoms with van der Waals surface area (Å²) in [6.45, 7) is 129. The summed E-state index contributed by atoms with van der Waals surface area (Å²) < 4.78 is 24.2. The highest BCUT2D eigenvalue weighted by molar-refractivity contribution is 5.11. The normalized spacial score (nSPS) is 28.8. The molecule has 0 N–H and O–H groups in total. The van der Waals surface area contributed by atoms with E-state index in [1.807, 2.05) is 0 Å². The third kappa shape index (κ3) is 39.7. The second kappa shape index (κ2) is 59.3. The molecule has 20 fully saturated rings. The van der Waals surface area contributed by atoms with Crippen LogP contribution in [-0.2, 0) is 18.9 Å². The van der Waals surface area contributed by atoms with Gasteiger partial charge in [0, 0.05) is 176 Å². The summed E-state index contributed by atoms with van der Waals surface area (Å²) in [6, 6.07) is 8.16. The van der Waals surface area contributed by atoms with Crippen molar-refractivity contribution < 1.29 is 18.9 Å². The molecule has 0 amide bonds. The fourth-order valence-corrected chi connectivity index (χ4v) is 28.8. The number of piperidine rings is 6. The predicted octanol–water partition coefficient (Wildman–Crippen LogP) is 30.7. The van der Waals surface area contributed by atoms with E-state index in [9.17, 15) is 0 Å². The highest BCUT2D eigenvalue weighted by atomic mass is 16.5. The average Bonchev–Trinajstić information content (AvgIpc) is 1.62. The molecule has 5 aliphatic carbocycles. The fraction of sp³-hybridized carbons (Fsp3) is 1.00. The molecule has 5 saturated carbocycles. The molecule has 6 atom stereocenters. The van der Waals surface area contributed by atoms with E-state index in [1.165, 1.54) is 337 Å². The topological polar surface area (TPSA) is 72.6 Å². The molecule has 20 aliphatic rings. The van der Waals surface area contributed by atoms with Crippen LogP contribution in [0.15, 0.2) is 0 Å². The second-order valence-electron chi connectivity index (χ2n) is 61.6. The summed E-state index contributed by atoms with van der Waals surface area (Å²) in [6.07, 6.45) is 44.6. The summed E-state index contributed by atoms with van der Waals surface area (Å²) in [4.78, 5) is 28.6. The Labute approximate surface area is 925 Å². The maximum Gasteiger partial charge on any atom is 0.0735 e. The number of ether oxygens (including phenoxy) is 4. The van der Waals surface area contributed by atoms with Crippen molar-refractivity contribution in [1.29, 1.82) is 0 Å². The fourth-order valence-electron chi connectivity index (χ4n) is 28.8. The largest absolute Gasteiger partial charge is 0.377 e. The zero-order valence-electron chi connectivity index (χ0n) is 108. The molecule has 10 spiro atoms. The van der Waals surface area contributed by atoms with Crippen molar-refractivity contribution in [2.24, 2.45) is 108 Å². The Kier molecular flexibility index (Phi) is 53.1. The van der Waals surface area contributed by atoms with Crippen LogP contribution in [0.25, 0.3) is 0 Å². The van der Waals surface area contributed by atoms with Crippen LogP contribution in [0.2, 0.25) is 0 Å². The molecule has 15 heteroatoms. The molecule has 148 heavy (non-hydrogen) atoms. The second-order valence-corrected chi connectivity index (χ2v) is 61.6. The summed E-state index contributed by atoms with van der Waals surface area (Å²) in [5.41, 5.74) is 6.30. The van der Waals surface area contributed by atoms with Gasteiger partial charge in [-0.15, -0.1) is 0 Å². The molecule has 0 aromatic heterocycles. The molecule has 15 saturated heterocycles. The lowest BCUT2D eigenvalue weighted by atomic mass is 9.63. The summed E-state index contributed by atoms with van der Waals surface area (Å²) in [7, 11) is 0. The van der Waals surface area contributed by atoms with Gasteiger partial charge < -0.3 is 48.3 Å². The molecule has 15 aliphatic heterocycles. The van der Waals surface area contributed by atoms with E-state index >= 15 is 0 Å². The van der Waals surface area contributed by atoms with Gasteiger partial charge in [-0.25, -0.2) is 0 Å². The van der Waals surface area contributed by atoms with Crippen molar-refractivity contribution in [3.8, 4) is 0 Å². The third-order valence-electron chi connectivity index (χ3n) is 40.6. The molecule has 15 nitrogen and oxygen atoms in total. The predicted molar refractivity (Wildman–Crippen MR) is 644 cm³/mol. The van der Waals surface area contributed by atoms with Crippen LogP contribution in [0, 0.1) is 108 Å². The first-order valence-corrected chi connectivity index (χ1v) is 64.8. The highest BCUT2D eigenvalue weighted by Gasteiger charge is 2.59. The van der Waals surface area contributed by atoms with Crippen molar-refractivity contribution >= 4 is 0 Å². The van der Waals surface area contributed by atoms with Gasteiger partial charge in [-0.1, -0.05) is 184 Å². The number of likely N-dealkylation sites (tertiary alicyclic amines) is 11. The summed E-state index contributed by atoms with van der Waals surface area (Å²) in [5, 5.41) is 0. The van der Waals surface area contributed by atoms with Gasteiger partial charge in [0.15, 0.2) is 0 Å². The standard InChI is InChI=1S/2C14H27NO.2C13H25NO.2C13H25N.C11H22N2.C11H21N.C10H19N.C9H17N.3C4H10/c2*1-11(2)13-9-14(10-16-13)5-7-15(8-6-14)12(3)4;2*1-10(2)12-9-13(15-12)5-7-14(8-6-13)11(3)4;2*1-10(2)12-9-13(12)5-7-14(8-6-13)11(3)4;1-9(2)12-5-11(6-12)7-13(8-11)10(3)4;1-10(2)12-8-11(9-12)6-4-3-5-7-11;1-9(2)11-7-10(8-11)5-3-4-6-10;1-8(2)10-6-9(7-10)4-3-5-9;3*1-4(2)3/h2*11-13H,5-10H2,1-4H3;2*10-12H,5-9H2,1-4H3;2*10-12H,5-9H2,1-4H3;9-10H,5-8H2,1-4H3;10H,3-9H2,1-2H3;9H,3-8H2,1-2H3;8H,3-7H2,1-2H3;3*4H,1-3H3. The van der Waals surface area contributed by atoms with Crippen molar-refractivity contribution in [3.63, 3.8) is 0 Å². The van der Waals surface area contributed by atoms with Crippen molar-refractivity contribution in [2.45, 2.75) is 592 Å². The Balaban J connectivity index is 0.000000198. The van der Waals surface area contributed by atoms with Gasteiger partial charge in [0.05, 0.1) is 48.8 Å². The number of nitrogens with zero attached hydrogens (tertiary/aromatic N) is 11. The molecule has 0 bridgehead atoms. The van der Waals surface area contributed by atoms with Gasteiger partial charge in [-0.2, -0.15) is 0 Å². The van der Waals surface area contributed by atoms with Crippen LogP contribution in [0.1, 0.15) is 490 Å². The Hall–Kier alpha value is -0.600. The SMILES string of the molecule is CC(C)C.CC(C)C.CC(C)C.CC(C)C1CC12CCN(C(C)C)CC2.CC(C)C1CC12CCN(C(C)C)CC2.CC(C)C1CC2(CCN(C(C)C)CC2)CO1.CC(C)C1CC2(CCN(C(C)C)CC2)CO1.CC(C)C1CC2(CCN(C(C)C)CC2)O1.CC(C)C1CC2(CCN(C(C)C)CC2)O1.CC(C)N1CC2(C1)CN(C(C)C)C2.CC(C)N1CC2(CCC2)C1.CC(C)N1CC2(CCCC2)C1.CC(C)N1CC2(CCCCC2)C1.